The molecule has 0 spiro atoms. The molecule has 1 heterocycles. The number of amides is 1. The molecule has 7 heteroatoms. The van der Waals surface area contributed by atoms with Crippen LogP contribution < -0.4 is 5.32 Å². The Bertz CT molecular complexity index is 650. The van der Waals surface area contributed by atoms with Crippen LogP contribution in [0.15, 0.2) is 36.7 Å². The molecule has 1 aromatic carbocycles. The molecule has 21 heavy (non-hydrogen) atoms. The lowest BCUT2D eigenvalue weighted by Gasteiger charge is -2.04. The standard InChI is InChI=1S/C14H14N4O3/c19-13(20)5-4-10-2-1-3-11(8-10)14(21)15-7-6-12-16-9-17-18-12/h1-5,8-9H,6-7H2,(H,15,21)(H,19,20)(H,16,17,18). The third-order valence-corrected chi connectivity index (χ3v) is 2.68. The minimum Gasteiger partial charge on any atom is -0.478 e. The third-order valence-electron chi connectivity index (χ3n) is 2.68. The van der Waals surface area contributed by atoms with Crippen LogP contribution in [0.25, 0.3) is 6.08 Å². The average molecular weight is 286 g/mol. The van der Waals surface area contributed by atoms with Crippen molar-refractivity contribution in [2.45, 2.75) is 6.42 Å². The van der Waals surface area contributed by atoms with Crippen molar-refractivity contribution >= 4 is 18.0 Å². The van der Waals surface area contributed by atoms with Crippen LogP contribution in [-0.4, -0.2) is 38.7 Å². The average Bonchev–Trinajstić information content (AvgIpc) is 2.98. The quantitative estimate of drug-likeness (QED) is 0.683. The smallest absolute Gasteiger partial charge is 0.328 e. The van der Waals surface area contributed by atoms with Gasteiger partial charge in [-0.1, -0.05) is 12.1 Å². The lowest BCUT2D eigenvalue weighted by atomic mass is 10.1. The van der Waals surface area contributed by atoms with Crippen LogP contribution in [0.3, 0.4) is 0 Å². The summed E-state index contributed by atoms with van der Waals surface area (Å²) in [4.78, 5) is 26.4. The number of benzene rings is 1. The number of rotatable bonds is 6. The second-order valence-corrected chi connectivity index (χ2v) is 4.24. The van der Waals surface area contributed by atoms with Crippen LogP contribution in [0, 0.1) is 0 Å². The summed E-state index contributed by atoms with van der Waals surface area (Å²) in [5.74, 6) is -0.551. The van der Waals surface area contributed by atoms with Gasteiger partial charge in [-0.15, -0.1) is 0 Å². The number of carboxylic acids is 1. The molecule has 2 rings (SSSR count). The second kappa shape index (κ2) is 6.99. The number of aromatic amines is 1. The van der Waals surface area contributed by atoms with E-state index < -0.39 is 5.97 Å². The van der Waals surface area contributed by atoms with E-state index in [2.05, 4.69) is 20.5 Å². The molecule has 3 N–H and O–H groups in total. The first-order valence-corrected chi connectivity index (χ1v) is 6.28. The van der Waals surface area contributed by atoms with Crippen molar-refractivity contribution < 1.29 is 14.7 Å². The van der Waals surface area contributed by atoms with Crippen molar-refractivity contribution in [2.75, 3.05) is 6.54 Å². The molecule has 0 saturated heterocycles. The molecule has 0 aliphatic carbocycles. The van der Waals surface area contributed by atoms with Gasteiger partial charge in [-0.3, -0.25) is 9.89 Å². The van der Waals surface area contributed by atoms with Crippen molar-refractivity contribution in [3.05, 3.63) is 53.6 Å². The third kappa shape index (κ3) is 4.57. The molecule has 7 nitrogen and oxygen atoms in total. The first-order valence-electron chi connectivity index (χ1n) is 6.28. The molecule has 0 saturated carbocycles. The summed E-state index contributed by atoms with van der Waals surface area (Å²) < 4.78 is 0. The zero-order valence-corrected chi connectivity index (χ0v) is 11.1. The molecular weight excluding hydrogens is 272 g/mol. The molecule has 0 aliphatic rings. The van der Waals surface area contributed by atoms with Crippen LogP contribution in [0.2, 0.25) is 0 Å². The summed E-state index contributed by atoms with van der Waals surface area (Å²) in [6.45, 7) is 0.434. The Morgan fingerprint density at radius 3 is 2.95 bits per heavy atom. The van der Waals surface area contributed by atoms with Gasteiger partial charge in [0.2, 0.25) is 0 Å². The fourth-order valence-corrected chi connectivity index (χ4v) is 1.70. The molecule has 0 fully saturated rings. The second-order valence-electron chi connectivity index (χ2n) is 4.24. The Labute approximate surface area is 120 Å². The van der Waals surface area contributed by atoms with E-state index >= 15 is 0 Å². The van der Waals surface area contributed by atoms with Gasteiger partial charge in [0.1, 0.15) is 12.2 Å². The zero-order chi connectivity index (χ0) is 15.1. The molecule has 0 radical (unpaired) electrons. The number of nitrogens with zero attached hydrogens (tertiary/aromatic N) is 2. The molecule has 2 aromatic rings. The number of aliphatic carboxylic acids is 1. The lowest BCUT2D eigenvalue weighted by molar-refractivity contribution is -0.131. The highest BCUT2D eigenvalue weighted by atomic mass is 16.4. The zero-order valence-electron chi connectivity index (χ0n) is 11.1. The van der Waals surface area contributed by atoms with Gasteiger partial charge < -0.3 is 10.4 Å². The van der Waals surface area contributed by atoms with Crippen molar-refractivity contribution in [3.63, 3.8) is 0 Å². The van der Waals surface area contributed by atoms with Crippen LogP contribution in [0.4, 0.5) is 0 Å². The van der Waals surface area contributed by atoms with E-state index in [1.54, 1.807) is 24.3 Å². The van der Waals surface area contributed by atoms with Gasteiger partial charge in [0, 0.05) is 24.6 Å². The number of aromatic nitrogens is 3. The fraction of sp³-hybridized carbons (Fsp3) is 0.143. The molecule has 1 aromatic heterocycles. The highest BCUT2D eigenvalue weighted by Gasteiger charge is 2.05. The SMILES string of the molecule is O=C(O)C=Cc1cccc(C(=O)NCCc2ncn[nH]2)c1. The summed E-state index contributed by atoms with van der Waals surface area (Å²) in [6, 6.07) is 6.72. The van der Waals surface area contributed by atoms with E-state index in [9.17, 15) is 9.59 Å². The number of carboxylic acid groups (broad SMARTS) is 1. The van der Waals surface area contributed by atoms with E-state index in [4.69, 9.17) is 5.11 Å². The Morgan fingerprint density at radius 1 is 1.38 bits per heavy atom. The molecule has 0 aliphatic heterocycles. The van der Waals surface area contributed by atoms with Crippen LogP contribution >= 0.6 is 0 Å². The molecule has 0 unspecified atom stereocenters. The first-order chi connectivity index (χ1) is 10.1. The fourth-order valence-electron chi connectivity index (χ4n) is 1.70. The summed E-state index contributed by atoms with van der Waals surface area (Å²) in [5.41, 5.74) is 1.13. The number of H-pyrrole nitrogens is 1. The number of hydrogen-bond donors (Lipinski definition) is 3. The number of carbonyl (C=O) groups is 2. The van der Waals surface area contributed by atoms with E-state index in [0.717, 1.165) is 6.08 Å². The van der Waals surface area contributed by atoms with Gasteiger partial charge in [-0.2, -0.15) is 5.10 Å². The first kappa shape index (κ1) is 14.4. The van der Waals surface area contributed by atoms with Crippen molar-refractivity contribution in [2.24, 2.45) is 0 Å². The maximum atomic E-state index is 12.0. The lowest BCUT2D eigenvalue weighted by Crippen LogP contribution is -2.26. The predicted molar refractivity (Wildman–Crippen MR) is 75.5 cm³/mol. The highest BCUT2D eigenvalue weighted by Crippen LogP contribution is 2.07. The van der Waals surface area contributed by atoms with E-state index in [1.165, 1.54) is 12.4 Å². The highest BCUT2D eigenvalue weighted by molar-refractivity contribution is 5.95. The minimum atomic E-state index is -1.03. The van der Waals surface area contributed by atoms with Crippen molar-refractivity contribution in [1.82, 2.24) is 20.5 Å². The van der Waals surface area contributed by atoms with Crippen molar-refractivity contribution in [1.29, 1.82) is 0 Å². The molecular formula is C14H14N4O3. The molecule has 0 atom stereocenters. The van der Waals surface area contributed by atoms with Crippen LogP contribution in [-0.2, 0) is 11.2 Å². The Hall–Kier alpha value is -2.96. The summed E-state index contributed by atoms with van der Waals surface area (Å²) in [7, 11) is 0. The van der Waals surface area contributed by atoms with E-state index in [-0.39, 0.29) is 5.91 Å². The Kier molecular flexibility index (Phi) is 4.81. The van der Waals surface area contributed by atoms with Gasteiger partial charge in [-0.05, 0) is 23.8 Å². The van der Waals surface area contributed by atoms with Gasteiger partial charge >= 0.3 is 5.97 Å². The van der Waals surface area contributed by atoms with Crippen molar-refractivity contribution in [3.8, 4) is 0 Å². The predicted octanol–water partition coefficient (Wildman–Crippen LogP) is 0.875. The summed E-state index contributed by atoms with van der Waals surface area (Å²) in [5, 5.41) is 17.8. The molecule has 108 valence electrons. The minimum absolute atomic E-state index is 0.222. The number of nitrogens with one attached hydrogen (secondary N) is 2. The van der Waals surface area contributed by atoms with Gasteiger partial charge in [0.15, 0.2) is 0 Å². The normalized spacial score (nSPS) is 10.7. The molecule has 1 amide bonds. The van der Waals surface area contributed by atoms with Gasteiger partial charge in [0.25, 0.3) is 5.91 Å². The van der Waals surface area contributed by atoms with Crippen LogP contribution in [0.5, 0.6) is 0 Å². The summed E-state index contributed by atoms with van der Waals surface area (Å²) in [6.07, 6.45) is 4.44. The topological polar surface area (TPSA) is 108 Å². The van der Waals surface area contributed by atoms with Gasteiger partial charge in [-0.25, -0.2) is 9.78 Å². The number of hydrogen-bond acceptors (Lipinski definition) is 4. The van der Waals surface area contributed by atoms with E-state index in [0.29, 0.717) is 29.9 Å². The summed E-state index contributed by atoms with van der Waals surface area (Å²) >= 11 is 0. The molecule has 0 bridgehead atoms. The number of carbonyl (C=O) groups excluding carboxylic acids is 1. The Morgan fingerprint density at radius 2 is 2.24 bits per heavy atom. The Balaban J connectivity index is 1.92. The van der Waals surface area contributed by atoms with Gasteiger partial charge in [0.05, 0.1) is 0 Å². The largest absolute Gasteiger partial charge is 0.478 e. The monoisotopic (exact) mass is 286 g/mol. The maximum Gasteiger partial charge on any atom is 0.328 e. The van der Waals surface area contributed by atoms with Crippen LogP contribution in [0.1, 0.15) is 21.7 Å². The maximum absolute atomic E-state index is 12.0. The van der Waals surface area contributed by atoms with E-state index in [1.807, 2.05) is 0 Å².